The smallest absolute Gasteiger partial charge is 0.305 e. The molecule has 0 aromatic carbocycles. The van der Waals surface area contributed by atoms with Crippen LogP contribution in [0.25, 0.3) is 0 Å². The van der Waals surface area contributed by atoms with Gasteiger partial charge in [-0.25, -0.2) is 0 Å². The summed E-state index contributed by atoms with van der Waals surface area (Å²) in [5, 5.41) is 9.46. The standard InChI is InChI=1S/C17H32O5/c1-4-6-8-10-15(19)21-13-17(3,12-18)14-22-16(20)11-9-7-5-2/h18H,4-14H2,1-3H3. The van der Waals surface area contributed by atoms with Crippen LogP contribution >= 0.6 is 0 Å². The highest BCUT2D eigenvalue weighted by atomic mass is 16.5. The molecular formula is C17H32O5. The Bertz CT molecular complexity index is 288. The van der Waals surface area contributed by atoms with Gasteiger partial charge in [0.1, 0.15) is 13.2 Å². The summed E-state index contributed by atoms with van der Waals surface area (Å²) in [6, 6.07) is 0. The summed E-state index contributed by atoms with van der Waals surface area (Å²) in [4.78, 5) is 23.2. The number of hydrogen-bond acceptors (Lipinski definition) is 5. The van der Waals surface area contributed by atoms with E-state index < -0.39 is 5.41 Å². The highest BCUT2D eigenvalue weighted by Gasteiger charge is 2.27. The molecule has 130 valence electrons. The van der Waals surface area contributed by atoms with Crippen LogP contribution < -0.4 is 0 Å². The highest BCUT2D eigenvalue weighted by Crippen LogP contribution is 2.18. The predicted octanol–water partition coefficient (Wildman–Crippen LogP) is 3.23. The molecule has 22 heavy (non-hydrogen) atoms. The second kappa shape index (κ2) is 12.4. The zero-order valence-electron chi connectivity index (χ0n) is 14.4. The van der Waals surface area contributed by atoms with Crippen molar-refractivity contribution in [2.45, 2.75) is 72.1 Å². The number of carbonyl (C=O) groups excluding carboxylic acids is 2. The van der Waals surface area contributed by atoms with E-state index in [0.29, 0.717) is 12.8 Å². The van der Waals surface area contributed by atoms with E-state index in [0.717, 1.165) is 38.5 Å². The lowest BCUT2D eigenvalue weighted by Gasteiger charge is -2.26. The number of ether oxygens (including phenoxy) is 2. The van der Waals surface area contributed by atoms with Crippen molar-refractivity contribution in [3.05, 3.63) is 0 Å². The molecule has 0 aliphatic carbocycles. The lowest BCUT2D eigenvalue weighted by Crippen LogP contribution is -2.35. The number of aliphatic hydroxyl groups is 1. The van der Waals surface area contributed by atoms with Gasteiger partial charge >= 0.3 is 11.9 Å². The first-order chi connectivity index (χ1) is 10.5. The Hall–Kier alpha value is -1.10. The van der Waals surface area contributed by atoms with Gasteiger partial charge < -0.3 is 14.6 Å². The number of esters is 2. The summed E-state index contributed by atoms with van der Waals surface area (Å²) >= 11 is 0. The molecule has 1 N–H and O–H groups in total. The van der Waals surface area contributed by atoms with E-state index in [2.05, 4.69) is 13.8 Å². The minimum absolute atomic E-state index is 0.0662. The van der Waals surface area contributed by atoms with Crippen LogP contribution in [0.2, 0.25) is 0 Å². The number of aliphatic hydroxyl groups excluding tert-OH is 1. The monoisotopic (exact) mass is 316 g/mol. The van der Waals surface area contributed by atoms with Gasteiger partial charge in [0.05, 0.1) is 12.0 Å². The molecule has 5 heteroatoms. The van der Waals surface area contributed by atoms with Crippen molar-refractivity contribution in [3.8, 4) is 0 Å². The molecule has 5 nitrogen and oxygen atoms in total. The van der Waals surface area contributed by atoms with Gasteiger partial charge in [-0.15, -0.1) is 0 Å². The summed E-state index contributed by atoms with van der Waals surface area (Å²) in [5.74, 6) is -0.523. The largest absolute Gasteiger partial charge is 0.465 e. The van der Waals surface area contributed by atoms with E-state index in [4.69, 9.17) is 9.47 Å². The van der Waals surface area contributed by atoms with Crippen molar-refractivity contribution in [3.63, 3.8) is 0 Å². The minimum atomic E-state index is -0.735. The Labute approximate surface area is 134 Å². The molecule has 0 saturated heterocycles. The van der Waals surface area contributed by atoms with Crippen LogP contribution in [-0.2, 0) is 19.1 Å². The fourth-order valence-electron chi connectivity index (χ4n) is 1.83. The lowest BCUT2D eigenvalue weighted by atomic mass is 9.94. The van der Waals surface area contributed by atoms with E-state index in [1.165, 1.54) is 0 Å². The first-order valence-electron chi connectivity index (χ1n) is 8.39. The first kappa shape index (κ1) is 20.9. The number of hydrogen-bond donors (Lipinski definition) is 1. The quantitative estimate of drug-likeness (QED) is 0.417. The number of rotatable bonds is 13. The normalized spacial score (nSPS) is 11.3. The summed E-state index contributed by atoms with van der Waals surface area (Å²) < 4.78 is 10.4. The van der Waals surface area contributed by atoms with Crippen LogP contribution in [-0.4, -0.2) is 36.9 Å². The van der Waals surface area contributed by atoms with E-state index >= 15 is 0 Å². The maximum atomic E-state index is 11.6. The molecule has 0 aliphatic rings. The van der Waals surface area contributed by atoms with E-state index in [1.54, 1.807) is 6.92 Å². The fraction of sp³-hybridized carbons (Fsp3) is 0.882. The summed E-state index contributed by atoms with van der Waals surface area (Å²) in [7, 11) is 0. The van der Waals surface area contributed by atoms with E-state index in [1.807, 2.05) is 0 Å². The van der Waals surface area contributed by atoms with Crippen molar-refractivity contribution in [1.82, 2.24) is 0 Å². The second-order valence-corrected chi connectivity index (χ2v) is 6.20. The molecule has 0 unspecified atom stereocenters. The molecule has 0 heterocycles. The number of unbranched alkanes of at least 4 members (excludes halogenated alkanes) is 4. The first-order valence-corrected chi connectivity index (χ1v) is 8.39. The Balaban J connectivity index is 4.02. The van der Waals surface area contributed by atoms with Gasteiger partial charge in [-0.1, -0.05) is 46.5 Å². The van der Waals surface area contributed by atoms with Gasteiger partial charge in [0, 0.05) is 12.8 Å². The van der Waals surface area contributed by atoms with Gasteiger partial charge in [-0.05, 0) is 12.8 Å². The van der Waals surface area contributed by atoms with Crippen LogP contribution in [0.5, 0.6) is 0 Å². The lowest BCUT2D eigenvalue weighted by molar-refractivity contribution is -0.155. The van der Waals surface area contributed by atoms with Crippen LogP contribution in [0.1, 0.15) is 72.1 Å². The molecule has 0 spiro atoms. The molecule has 0 aromatic rings. The summed E-state index contributed by atoms with van der Waals surface area (Å²) in [5.41, 5.74) is -0.735. The maximum Gasteiger partial charge on any atom is 0.305 e. The second-order valence-electron chi connectivity index (χ2n) is 6.20. The molecule has 0 rings (SSSR count). The van der Waals surface area contributed by atoms with Gasteiger partial charge in [0.15, 0.2) is 0 Å². The van der Waals surface area contributed by atoms with E-state index in [-0.39, 0.29) is 31.8 Å². The topological polar surface area (TPSA) is 72.8 Å². The zero-order valence-corrected chi connectivity index (χ0v) is 14.4. The van der Waals surface area contributed by atoms with Crippen molar-refractivity contribution in [2.75, 3.05) is 19.8 Å². The summed E-state index contributed by atoms with van der Waals surface area (Å²) in [6.07, 6.45) is 6.53. The van der Waals surface area contributed by atoms with E-state index in [9.17, 15) is 14.7 Å². The average Bonchev–Trinajstić information content (AvgIpc) is 2.51. The molecule has 0 amide bonds. The predicted molar refractivity (Wildman–Crippen MR) is 85.4 cm³/mol. The van der Waals surface area contributed by atoms with Gasteiger partial charge in [0.25, 0.3) is 0 Å². The molecule has 0 atom stereocenters. The Morgan fingerprint density at radius 2 is 1.27 bits per heavy atom. The Kier molecular flexibility index (Phi) is 11.8. The number of carbonyl (C=O) groups is 2. The van der Waals surface area contributed by atoms with Crippen LogP contribution in [0.15, 0.2) is 0 Å². The minimum Gasteiger partial charge on any atom is -0.465 e. The molecular weight excluding hydrogens is 284 g/mol. The third-order valence-electron chi connectivity index (χ3n) is 3.51. The fourth-order valence-corrected chi connectivity index (χ4v) is 1.83. The van der Waals surface area contributed by atoms with Crippen molar-refractivity contribution in [1.29, 1.82) is 0 Å². The molecule has 0 aliphatic heterocycles. The summed E-state index contributed by atoms with van der Waals surface area (Å²) in [6.45, 7) is 5.82. The average molecular weight is 316 g/mol. The third kappa shape index (κ3) is 10.6. The Morgan fingerprint density at radius 3 is 1.59 bits per heavy atom. The maximum absolute atomic E-state index is 11.6. The molecule has 0 fully saturated rings. The molecule has 0 aromatic heterocycles. The highest BCUT2D eigenvalue weighted by molar-refractivity contribution is 5.69. The van der Waals surface area contributed by atoms with Crippen LogP contribution in [0.3, 0.4) is 0 Å². The van der Waals surface area contributed by atoms with Crippen LogP contribution in [0.4, 0.5) is 0 Å². The van der Waals surface area contributed by atoms with Gasteiger partial charge in [-0.3, -0.25) is 9.59 Å². The molecule has 0 bridgehead atoms. The molecule has 0 saturated carbocycles. The SMILES string of the molecule is CCCCCC(=O)OCC(C)(CO)COC(=O)CCCCC. The zero-order chi connectivity index (χ0) is 16.8. The van der Waals surface area contributed by atoms with Gasteiger partial charge in [0.2, 0.25) is 0 Å². The third-order valence-corrected chi connectivity index (χ3v) is 3.51. The van der Waals surface area contributed by atoms with Crippen LogP contribution in [0, 0.1) is 5.41 Å². The van der Waals surface area contributed by atoms with Crippen molar-refractivity contribution in [2.24, 2.45) is 5.41 Å². The molecule has 0 radical (unpaired) electrons. The Morgan fingerprint density at radius 1 is 0.864 bits per heavy atom. The van der Waals surface area contributed by atoms with Crippen molar-refractivity contribution < 1.29 is 24.2 Å². The van der Waals surface area contributed by atoms with Crippen molar-refractivity contribution >= 4 is 11.9 Å². The van der Waals surface area contributed by atoms with Gasteiger partial charge in [-0.2, -0.15) is 0 Å².